The van der Waals surface area contributed by atoms with Gasteiger partial charge in [-0.25, -0.2) is 4.98 Å². The van der Waals surface area contributed by atoms with Crippen LogP contribution in [0.2, 0.25) is 0 Å². The largest absolute Gasteiger partial charge is 0.342 e. The molecule has 0 fully saturated rings. The predicted octanol–water partition coefficient (Wildman–Crippen LogP) is 4.31. The summed E-state index contributed by atoms with van der Waals surface area (Å²) in [5.41, 5.74) is 9.24. The van der Waals surface area contributed by atoms with Crippen LogP contribution in [0.15, 0.2) is 53.8 Å². The van der Waals surface area contributed by atoms with E-state index in [0.717, 1.165) is 57.2 Å². The fraction of sp³-hybridized carbons (Fsp3) is 0.143. The highest BCUT2D eigenvalue weighted by atomic mass is 14.9. The van der Waals surface area contributed by atoms with Gasteiger partial charge in [0, 0.05) is 24.4 Å². The number of imidazole rings is 1. The number of fused-ring (bicyclic) bond motifs is 2. The molecule has 1 aromatic carbocycles. The van der Waals surface area contributed by atoms with Gasteiger partial charge in [-0.3, -0.25) is 15.0 Å². The van der Waals surface area contributed by atoms with Crippen LogP contribution < -0.4 is 0 Å². The molecule has 4 aromatic rings. The molecule has 0 amide bonds. The molecule has 126 valence electrons. The minimum absolute atomic E-state index is 0.813. The molecular formula is C21H17N5. The summed E-state index contributed by atoms with van der Waals surface area (Å²) in [7, 11) is 0. The molecule has 0 unspecified atom stereocenters. The van der Waals surface area contributed by atoms with Gasteiger partial charge in [0.15, 0.2) is 0 Å². The van der Waals surface area contributed by atoms with Crippen molar-refractivity contribution in [2.45, 2.75) is 20.3 Å². The van der Waals surface area contributed by atoms with E-state index in [0.29, 0.717) is 0 Å². The lowest BCUT2D eigenvalue weighted by atomic mass is 10.0. The van der Waals surface area contributed by atoms with Crippen molar-refractivity contribution >= 4 is 22.4 Å². The van der Waals surface area contributed by atoms with Gasteiger partial charge < -0.3 is 4.98 Å². The molecule has 26 heavy (non-hydrogen) atoms. The number of nitrogens with zero attached hydrogens (tertiary/aromatic N) is 4. The Balaban J connectivity index is 1.46. The van der Waals surface area contributed by atoms with Gasteiger partial charge in [0.25, 0.3) is 0 Å². The molecule has 0 spiro atoms. The zero-order chi connectivity index (χ0) is 17.7. The van der Waals surface area contributed by atoms with Crippen LogP contribution in [0, 0.1) is 13.8 Å². The summed E-state index contributed by atoms with van der Waals surface area (Å²) in [6, 6.07) is 12.3. The first-order valence-electron chi connectivity index (χ1n) is 8.62. The third-order valence-corrected chi connectivity index (χ3v) is 4.68. The summed E-state index contributed by atoms with van der Waals surface area (Å²) >= 11 is 0. The number of aromatic nitrogens is 4. The first kappa shape index (κ1) is 15.0. The summed E-state index contributed by atoms with van der Waals surface area (Å²) in [5, 5.41) is 0. The van der Waals surface area contributed by atoms with Gasteiger partial charge in [-0.2, -0.15) is 0 Å². The molecule has 5 heteroatoms. The zero-order valence-corrected chi connectivity index (χ0v) is 14.6. The summed E-state index contributed by atoms with van der Waals surface area (Å²) in [5.74, 6) is 0.928. The maximum atomic E-state index is 4.80. The van der Waals surface area contributed by atoms with E-state index in [1.54, 1.807) is 0 Å². The third-order valence-electron chi connectivity index (χ3n) is 4.68. The van der Waals surface area contributed by atoms with Crippen LogP contribution in [-0.4, -0.2) is 25.6 Å². The van der Waals surface area contributed by atoms with Crippen LogP contribution >= 0.6 is 0 Å². The van der Waals surface area contributed by atoms with E-state index in [2.05, 4.69) is 38.1 Å². The number of aryl methyl sites for hydroxylation is 2. The maximum Gasteiger partial charge on any atom is 0.104 e. The van der Waals surface area contributed by atoms with E-state index >= 15 is 0 Å². The Kier molecular flexibility index (Phi) is 3.22. The maximum absolute atomic E-state index is 4.80. The van der Waals surface area contributed by atoms with Gasteiger partial charge >= 0.3 is 0 Å². The number of H-pyrrole nitrogens is 1. The molecule has 0 saturated carbocycles. The standard InChI is InChI=1S/C21H17N5/c1-12-3-5-16(22-10-12)17-6-4-14(11-23-17)18-7-15-8-20-21(9-19(15)26-18)25-13(2)24-20/h3-6,8-11H,7H2,1-2H3,(H,24,25). The Labute approximate surface area is 150 Å². The van der Waals surface area contributed by atoms with Crippen molar-refractivity contribution in [3.05, 3.63) is 71.3 Å². The van der Waals surface area contributed by atoms with Gasteiger partial charge in [-0.1, -0.05) is 6.07 Å². The number of rotatable bonds is 2. The number of hydrogen-bond donors (Lipinski definition) is 1. The van der Waals surface area contributed by atoms with Crippen molar-refractivity contribution in [3.63, 3.8) is 0 Å². The molecular weight excluding hydrogens is 322 g/mol. The lowest BCUT2D eigenvalue weighted by Crippen LogP contribution is -2.01. The Morgan fingerprint density at radius 3 is 2.46 bits per heavy atom. The van der Waals surface area contributed by atoms with Crippen molar-refractivity contribution in [2.75, 3.05) is 0 Å². The summed E-state index contributed by atoms with van der Waals surface area (Å²) in [6.45, 7) is 4.00. The number of aromatic amines is 1. The van der Waals surface area contributed by atoms with Crippen molar-refractivity contribution in [2.24, 2.45) is 4.99 Å². The van der Waals surface area contributed by atoms with E-state index in [-0.39, 0.29) is 0 Å². The van der Waals surface area contributed by atoms with Crippen LogP contribution in [-0.2, 0) is 6.42 Å². The normalized spacial score (nSPS) is 13.1. The second-order valence-electron chi connectivity index (χ2n) is 6.71. The third kappa shape index (κ3) is 2.49. The van der Waals surface area contributed by atoms with E-state index < -0.39 is 0 Å². The molecule has 0 atom stereocenters. The van der Waals surface area contributed by atoms with Crippen molar-refractivity contribution in [3.8, 4) is 11.4 Å². The number of benzene rings is 1. The zero-order valence-electron chi connectivity index (χ0n) is 14.6. The Morgan fingerprint density at radius 2 is 1.73 bits per heavy atom. The van der Waals surface area contributed by atoms with Gasteiger partial charge in [0.1, 0.15) is 5.82 Å². The highest BCUT2D eigenvalue weighted by Crippen LogP contribution is 2.32. The second-order valence-corrected chi connectivity index (χ2v) is 6.71. The Hall–Kier alpha value is -3.34. The first-order valence-corrected chi connectivity index (χ1v) is 8.62. The average molecular weight is 339 g/mol. The minimum atomic E-state index is 0.813. The molecule has 1 N–H and O–H groups in total. The quantitative estimate of drug-likeness (QED) is 0.591. The fourth-order valence-electron chi connectivity index (χ4n) is 3.33. The Bertz CT molecular complexity index is 1150. The highest BCUT2D eigenvalue weighted by molar-refractivity contribution is 6.07. The Morgan fingerprint density at radius 1 is 0.923 bits per heavy atom. The summed E-state index contributed by atoms with van der Waals surface area (Å²) in [6.07, 6.45) is 4.56. The minimum Gasteiger partial charge on any atom is -0.342 e. The number of aliphatic imine (C=N–C) groups is 1. The summed E-state index contributed by atoms with van der Waals surface area (Å²) < 4.78 is 0. The lowest BCUT2D eigenvalue weighted by Gasteiger charge is -2.03. The lowest BCUT2D eigenvalue weighted by molar-refractivity contribution is 1.17. The van der Waals surface area contributed by atoms with Crippen LogP contribution in [0.4, 0.5) is 5.69 Å². The van der Waals surface area contributed by atoms with Crippen LogP contribution in [0.5, 0.6) is 0 Å². The van der Waals surface area contributed by atoms with Gasteiger partial charge in [0.2, 0.25) is 0 Å². The van der Waals surface area contributed by atoms with E-state index in [1.165, 1.54) is 5.56 Å². The van der Waals surface area contributed by atoms with Gasteiger partial charge in [0.05, 0.1) is 33.8 Å². The molecule has 4 heterocycles. The van der Waals surface area contributed by atoms with E-state index in [1.807, 2.05) is 44.4 Å². The number of nitrogens with one attached hydrogen (secondary N) is 1. The molecule has 0 aliphatic carbocycles. The van der Waals surface area contributed by atoms with Crippen molar-refractivity contribution in [1.29, 1.82) is 0 Å². The van der Waals surface area contributed by atoms with Crippen molar-refractivity contribution < 1.29 is 0 Å². The molecule has 1 aliphatic heterocycles. The monoisotopic (exact) mass is 339 g/mol. The summed E-state index contributed by atoms with van der Waals surface area (Å²) in [4.78, 5) is 21.6. The average Bonchev–Trinajstić information content (AvgIpc) is 3.21. The van der Waals surface area contributed by atoms with Crippen LogP contribution in [0.25, 0.3) is 22.4 Å². The molecule has 0 radical (unpaired) electrons. The van der Waals surface area contributed by atoms with Gasteiger partial charge in [-0.05, 0) is 55.3 Å². The topological polar surface area (TPSA) is 66.8 Å². The second kappa shape index (κ2) is 5.59. The van der Waals surface area contributed by atoms with Crippen LogP contribution in [0.3, 0.4) is 0 Å². The SMILES string of the molecule is Cc1ccc(-c2ccc(C3=Nc4cc5nc(C)[nH]c5cc4C3)cn2)nc1. The molecule has 1 aliphatic rings. The van der Waals surface area contributed by atoms with E-state index in [9.17, 15) is 0 Å². The first-order chi connectivity index (χ1) is 12.7. The van der Waals surface area contributed by atoms with Crippen molar-refractivity contribution in [1.82, 2.24) is 19.9 Å². The smallest absolute Gasteiger partial charge is 0.104 e. The number of pyridine rings is 2. The molecule has 5 nitrogen and oxygen atoms in total. The molecule has 3 aromatic heterocycles. The molecule has 0 bridgehead atoms. The molecule has 0 saturated heterocycles. The van der Waals surface area contributed by atoms with E-state index in [4.69, 9.17) is 4.99 Å². The molecule has 5 rings (SSSR count). The van der Waals surface area contributed by atoms with Gasteiger partial charge in [-0.15, -0.1) is 0 Å². The highest BCUT2D eigenvalue weighted by Gasteiger charge is 2.18. The number of hydrogen-bond acceptors (Lipinski definition) is 4. The fourth-order valence-corrected chi connectivity index (χ4v) is 3.33. The predicted molar refractivity (Wildman–Crippen MR) is 103 cm³/mol. The van der Waals surface area contributed by atoms with Crippen LogP contribution in [0.1, 0.15) is 22.5 Å².